The fourth-order valence-corrected chi connectivity index (χ4v) is 2.30. The molecule has 128 valence electrons. The van der Waals surface area contributed by atoms with E-state index in [0.29, 0.717) is 5.56 Å². The highest BCUT2D eigenvalue weighted by Gasteiger charge is 2.44. The van der Waals surface area contributed by atoms with Crippen molar-refractivity contribution in [3.05, 3.63) is 39.4 Å². The quantitative estimate of drug-likeness (QED) is 0.407. The molecule has 9 nitrogen and oxygen atoms in total. The Morgan fingerprint density at radius 3 is 2.57 bits per heavy atom. The number of benzene rings is 1. The van der Waals surface area contributed by atoms with Gasteiger partial charge in [-0.15, -0.1) is 0 Å². The van der Waals surface area contributed by atoms with E-state index in [4.69, 9.17) is 14.6 Å². The number of non-ortho nitro benzene ring substituents is 1. The number of nitro benzene ring substituents is 1. The van der Waals surface area contributed by atoms with Gasteiger partial charge < -0.3 is 29.9 Å². The Morgan fingerprint density at radius 1 is 1.26 bits per heavy atom. The molecule has 0 bridgehead atoms. The lowest BCUT2D eigenvalue weighted by Gasteiger charge is -2.39. The number of nitro groups is 1. The summed E-state index contributed by atoms with van der Waals surface area (Å²) in [6.45, 7) is 1.09. The van der Waals surface area contributed by atoms with Gasteiger partial charge in [0.1, 0.15) is 24.4 Å². The molecule has 1 aromatic rings. The Morgan fingerprint density at radius 2 is 1.96 bits per heavy atom. The first-order valence-corrected chi connectivity index (χ1v) is 7.01. The Kier molecular flexibility index (Phi) is 5.63. The summed E-state index contributed by atoms with van der Waals surface area (Å²) >= 11 is 0. The normalized spacial score (nSPS) is 31.1. The number of hydrogen-bond acceptors (Lipinski definition) is 8. The van der Waals surface area contributed by atoms with Crippen LogP contribution in [0.2, 0.25) is 0 Å². The summed E-state index contributed by atoms with van der Waals surface area (Å²) in [4.78, 5) is 10.3. The van der Waals surface area contributed by atoms with Crippen LogP contribution >= 0.6 is 0 Å². The van der Waals surface area contributed by atoms with Crippen LogP contribution in [0.4, 0.5) is 5.69 Å². The highest BCUT2D eigenvalue weighted by Crippen LogP contribution is 2.24. The molecule has 0 radical (unpaired) electrons. The van der Waals surface area contributed by atoms with Crippen molar-refractivity contribution >= 4 is 5.69 Å². The average molecular weight is 329 g/mol. The first-order chi connectivity index (χ1) is 10.8. The lowest BCUT2D eigenvalue weighted by molar-refractivity contribution is -0.385. The molecule has 1 heterocycles. The predicted octanol–water partition coefficient (Wildman–Crippen LogP) is -0.780. The van der Waals surface area contributed by atoms with Crippen molar-refractivity contribution in [2.45, 2.75) is 44.2 Å². The first kappa shape index (κ1) is 17.7. The molecule has 0 aliphatic carbocycles. The maximum absolute atomic E-state index is 10.8. The van der Waals surface area contributed by atoms with Crippen LogP contribution in [-0.2, 0) is 16.1 Å². The third-order valence-electron chi connectivity index (χ3n) is 3.80. The Labute approximate surface area is 131 Å². The molecular formula is C14H19NO8. The molecule has 1 aromatic carbocycles. The third kappa shape index (κ3) is 3.83. The monoisotopic (exact) mass is 329 g/mol. The smallest absolute Gasteiger partial charge is 0.269 e. The molecule has 2 rings (SSSR count). The van der Waals surface area contributed by atoms with Crippen LogP contribution in [0.25, 0.3) is 0 Å². The van der Waals surface area contributed by atoms with Crippen LogP contribution < -0.4 is 0 Å². The zero-order chi connectivity index (χ0) is 17.1. The van der Waals surface area contributed by atoms with E-state index < -0.39 is 42.2 Å². The maximum atomic E-state index is 10.8. The Balaban J connectivity index is 2.08. The number of aliphatic hydroxyl groups excluding tert-OH is 4. The standard InChI is InChI=1S/C14H19NO8/c1-7-2-3-9(15(20)21)4-8(7)6-22-14-13(19)12(18)11(17)10(5-16)23-14/h2-4,10-14,16-19H,5-6H2,1H3/t10-,11-,12+,13-,14+/m1/s1. The molecule has 1 aliphatic rings. The summed E-state index contributed by atoms with van der Waals surface area (Å²) < 4.78 is 10.6. The number of hydrogen-bond donors (Lipinski definition) is 4. The van der Waals surface area contributed by atoms with Gasteiger partial charge >= 0.3 is 0 Å². The number of aliphatic hydroxyl groups is 4. The minimum atomic E-state index is -1.53. The molecule has 1 fully saturated rings. The summed E-state index contributed by atoms with van der Waals surface area (Å²) in [5.41, 5.74) is 1.18. The van der Waals surface area contributed by atoms with E-state index in [0.717, 1.165) is 5.56 Å². The van der Waals surface area contributed by atoms with Gasteiger partial charge in [0, 0.05) is 12.1 Å². The second kappa shape index (κ2) is 7.30. The van der Waals surface area contributed by atoms with Gasteiger partial charge in [0.05, 0.1) is 18.1 Å². The summed E-state index contributed by atoms with van der Waals surface area (Å²) in [7, 11) is 0. The van der Waals surface area contributed by atoms with Crippen LogP contribution in [0.3, 0.4) is 0 Å². The van der Waals surface area contributed by atoms with Gasteiger partial charge in [0.15, 0.2) is 6.29 Å². The Bertz CT molecular complexity index is 564. The second-order valence-corrected chi connectivity index (χ2v) is 5.38. The fourth-order valence-electron chi connectivity index (χ4n) is 2.30. The molecule has 0 spiro atoms. The molecule has 0 unspecified atom stereocenters. The molecular weight excluding hydrogens is 310 g/mol. The van der Waals surface area contributed by atoms with Crippen LogP contribution in [0.15, 0.2) is 18.2 Å². The molecule has 0 saturated carbocycles. The van der Waals surface area contributed by atoms with E-state index in [1.165, 1.54) is 12.1 Å². The molecule has 1 saturated heterocycles. The molecule has 1 aliphatic heterocycles. The average Bonchev–Trinajstić information content (AvgIpc) is 2.53. The molecule has 23 heavy (non-hydrogen) atoms. The molecule has 9 heteroatoms. The van der Waals surface area contributed by atoms with Gasteiger partial charge in [-0.3, -0.25) is 10.1 Å². The fraction of sp³-hybridized carbons (Fsp3) is 0.571. The topological polar surface area (TPSA) is 143 Å². The summed E-state index contributed by atoms with van der Waals surface area (Å²) in [5.74, 6) is 0. The zero-order valence-electron chi connectivity index (χ0n) is 12.4. The van der Waals surface area contributed by atoms with Crippen LogP contribution in [-0.4, -0.2) is 62.7 Å². The van der Waals surface area contributed by atoms with Crippen molar-refractivity contribution in [2.24, 2.45) is 0 Å². The van der Waals surface area contributed by atoms with Crippen molar-refractivity contribution < 1.29 is 34.8 Å². The maximum Gasteiger partial charge on any atom is 0.269 e. The van der Waals surface area contributed by atoms with Gasteiger partial charge in [-0.1, -0.05) is 6.07 Å². The summed E-state index contributed by atoms with van der Waals surface area (Å²) in [5, 5.41) is 49.1. The minimum absolute atomic E-state index is 0.0944. The van der Waals surface area contributed by atoms with Crippen molar-refractivity contribution in [1.82, 2.24) is 0 Å². The van der Waals surface area contributed by atoms with Crippen molar-refractivity contribution in [2.75, 3.05) is 6.61 Å². The van der Waals surface area contributed by atoms with Gasteiger partial charge in [-0.05, 0) is 18.1 Å². The number of aryl methyl sites for hydroxylation is 1. The highest BCUT2D eigenvalue weighted by molar-refractivity contribution is 5.38. The van der Waals surface area contributed by atoms with Crippen LogP contribution in [0.5, 0.6) is 0 Å². The lowest BCUT2D eigenvalue weighted by atomic mass is 9.99. The first-order valence-electron chi connectivity index (χ1n) is 7.01. The predicted molar refractivity (Wildman–Crippen MR) is 76.4 cm³/mol. The largest absolute Gasteiger partial charge is 0.394 e. The van der Waals surface area contributed by atoms with Gasteiger partial charge in [0.25, 0.3) is 5.69 Å². The summed E-state index contributed by atoms with van der Waals surface area (Å²) in [6.07, 6.45) is -6.84. The van der Waals surface area contributed by atoms with E-state index in [1.807, 2.05) is 0 Å². The molecule has 0 aromatic heterocycles. The van der Waals surface area contributed by atoms with Crippen LogP contribution in [0.1, 0.15) is 11.1 Å². The van der Waals surface area contributed by atoms with Gasteiger partial charge in [0.2, 0.25) is 0 Å². The number of nitrogens with zero attached hydrogens (tertiary/aromatic N) is 1. The van der Waals surface area contributed by atoms with Crippen molar-refractivity contribution in [3.63, 3.8) is 0 Å². The van der Waals surface area contributed by atoms with E-state index >= 15 is 0 Å². The van der Waals surface area contributed by atoms with E-state index in [1.54, 1.807) is 13.0 Å². The van der Waals surface area contributed by atoms with Crippen LogP contribution in [0, 0.1) is 17.0 Å². The number of ether oxygens (including phenoxy) is 2. The Hall–Kier alpha value is -1.62. The summed E-state index contributed by atoms with van der Waals surface area (Å²) in [6, 6.07) is 4.29. The number of rotatable bonds is 5. The molecule has 5 atom stereocenters. The van der Waals surface area contributed by atoms with Gasteiger partial charge in [-0.25, -0.2) is 0 Å². The van der Waals surface area contributed by atoms with E-state index in [9.17, 15) is 25.4 Å². The van der Waals surface area contributed by atoms with Crippen molar-refractivity contribution in [1.29, 1.82) is 0 Å². The van der Waals surface area contributed by atoms with Gasteiger partial charge in [-0.2, -0.15) is 0 Å². The molecule has 0 amide bonds. The zero-order valence-corrected chi connectivity index (χ0v) is 12.4. The van der Waals surface area contributed by atoms with E-state index in [-0.39, 0.29) is 12.3 Å². The minimum Gasteiger partial charge on any atom is -0.394 e. The SMILES string of the molecule is Cc1ccc([N+](=O)[O-])cc1CO[C@H]1O[C@H](CO)[C@@H](O)[C@H](O)[C@H]1O. The molecule has 4 N–H and O–H groups in total. The third-order valence-corrected chi connectivity index (χ3v) is 3.80. The van der Waals surface area contributed by atoms with Crippen molar-refractivity contribution in [3.8, 4) is 0 Å². The van der Waals surface area contributed by atoms with E-state index in [2.05, 4.69) is 0 Å². The lowest BCUT2D eigenvalue weighted by Crippen LogP contribution is -2.59. The second-order valence-electron chi connectivity index (χ2n) is 5.38. The highest BCUT2D eigenvalue weighted by atomic mass is 16.7.